The van der Waals surface area contributed by atoms with Crippen LogP contribution in [0.2, 0.25) is 0 Å². The van der Waals surface area contributed by atoms with Crippen LogP contribution in [-0.4, -0.2) is 40.0 Å². The van der Waals surface area contributed by atoms with Gasteiger partial charge in [0.2, 0.25) is 0 Å². The monoisotopic (exact) mass is 539 g/mol. The van der Waals surface area contributed by atoms with Gasteiger partial charge in [0.1, 0.15) is 0 Å². The molecular formula is C34H53NO4. The van der Waals surface area contributed by atoms with Crippen molar-refractivity contribution in [2.24, 2.45) is 52.3 Å². The molecule has 4 saturated carbocycles. The summed E-state index contributed by atoms with van der Waals surface area (Å²) in [5.41, 5.74) is 1.53. The number of rotatable bonds is 9. The zero-order valence-electron chi connectivity index (χ0n) is 24.9. The van der Waals surface area contributed by atoms with Crippen LogP contribution in [0.1, 0.15) is 104 Å². The fourth-order valence-corrected chi connectivity index (χ4v) is 10.5. The second-order valence-corrected chi connectivity index (χ2v) is 14.3. The maximum Gasteiger partial charge on any atom is 0.305 e. The third kappa shape index (κ3) is 5.44. The predicted molar refractivity (Wildman–Crippen MR) is 154 cm³/mol. The van der Waals surface area contributed by atoms with Crippen molar-refractivity contribution in [1.82, 2.24) is 4.98 Å². The minimum Gasteiger partial charge on any atom is -0.466 e. The van der Waals surface area contributed by atoms with Gasteiger partial charge in [0.25, 0.3) is 0 Å². The number of carbonyl (C=O) groups excluding carboxylic acids is 1. The molecule has 1 aromatic rings. The Hall–Kier alpha value is -1.46. The Kier molecular flexibility index (Phi) is 8.79. The van der Waals surface area contributed by atoms with Gasteiger partial charge in [-0.1, -0.05) is 40.2 Å². The van der Waals surface area contributed by atoms with Gasteiger partial charge in [0.15, 0.2) is 0 Å². The lowest BCUT2D eigenvalue weighted by atomic mass is 9.41. The maximum atomic E-state index is 12.4. The molecule has 4 aliphatic rings. The number of aliphatic hydroxyl groups excluding tert-OH is 2. The Labute approximate surface area is 236 Å². The van der Waals surface area contributed by atoms with Crippen molar-refractivity contribution in [2.45, 2.75) is 117 Å². The molecule has 11 atom stereocenters. The molecule has 2 N–H and O–H groups in total. The number of carbonyl (C=O) groups is 1. The fourth-order valence-electron chi connectivity index (χ4n) is 10.5. The van der Waals surface area contributed by atoms with E-state index in [-0.39, 0.29) is 29.0 Å². The summed E-state index contributed by atoms with van der Waals surface area (Å²) in [5.74, 6) is 3.33. The fraction of sp³-hybridized carbons (Fsp3) is 0.824. The number of ether oxygens (including phenoxy) is 1. The number of aromatic nitrogens is 1. The Bertz CT molecular complexity index is 969. The van der Waals surface area contributed by atoms with E-state index in [1.54, 1.807) is 6.20 Å². The van der Waals surface area contributed by atoms with E-state index in [4.69, 9.17) is 4.74 Å². The van der Waals surface area contributed by atoms with Crippen molar-refractivity contribution in [3.8, 4) is 0 Å². The molecule has 1 heterocycles. The molecule has 0 bridgehead atoms. The number of hydrogen-bond acceptors (Lipinski definition) is 5. The van der Waals surface area contributed by atoms with Crippen LogP contribution in [0.3, 0.4) is 0 Å². The lowest BCUT2D eigenvalue weighted by Gasteiger charge is -2.64. The van der Waals surface area contributed by atoms with E-state index >= 15 is 0 Å². The van der Waals surface area contributed by atoms with E-state index < -0.39 is 0 Å². The van der Waals surface area contributed by atoms with Crippen molar-refractivity contribution >= 4 is 5.97 Å². The molecule has 0 aliphatic heterocycles. The van der Waals surface area contributed by atoms with Crippen LogP contribution >= 0.6 is 0 Å². The lowest BCUT2D eigenvalue weighted by Crippen LogP contribution is -2.62. The predicted octanol–water partition coefficient (Wildman–Crippen LogP) is 6.60. The standard InChI is InChI=1S/C34H53NO4/c1-5-25-29-21-24(36)14-17-34(29,4)28-15-18-33(3)26(12-13-27(33)31(28)32(25)38)22(2)16-20-39-30(37)11-8-10-23-9-6-7-19-35-23/h6-7,9,19,22,24-29,31-32,36,38H,5,8,10-18,20-21H2,1-4H3/t22-,24-,25-,26-,27+,28+,29+,31+,32-,33-,34-/m1/s1. The van der Waals surface area contributed by atoms with Crippen LogP contribution in [0.25, 0.3) is 0 Å². The first-order valence-corrected chi connectivity index (χ1v) is 16.1. The smallest absolute Gasteiger partial charge is 0.305 e. The van der Waals surface area contributed by atoms with Crippen LogP contribution < -0.4 is 0 Å². The molecule has 0 amide bonds. The van der Waals surface area contributed by atoms with E-state index in [9.17, 15) is 15.0 Å². The summed E-state index contributed by atoms with van der Waals surface area (Å²) in [4.78, 5) is 16.7. The summed E-state index contributed by atoms with van der Waals surface area (Å²) in [7, 11) is 0. The van der Waals surface area contributed by atoms with Crippen LogP contribution in [0.15, 0.2) is 24.4 Å². The van der Waals surface area contributed by atoms with Gasteiger partial charge < -0.3 is 14.9 Å². The van der Waals surface area contributed by atoms with E-state index in [0.29, 0.717) is 54.5 Å². The molecule has 5 nitrogen and oxygen atoms in total. The highest BCUT2D eigenvalue weighted by Gasteiger charge is 2.64. The average molecular weight is 540 g/mol. The van der Waals surface area contributed by atoms with E-state index in [1.165, 1.54) is 25.7 Å². The topological polar surface area (TPSA) is 79.7 Å². The SMILES string of the molecule is CC[C@H]1[C@@H](O)[C@@H]2[C@H](CC[C@]3(C)[C@@H]([C@H](C)CCOC(=O)CCCc4ccccn4)CC[C@@H]23)[C@@]2(C)CC[C@@H](O)C[C@@H]12. The molecule has 4 fully saturated rings. The first-order chi connectivity index (χ1) is 18.7. The maximum absolute atomic E-state index is 12.4. The summed E-state index contributed by atoms with van der Waals surface area (Å²) in [6.07, 6.45) is 13.1. The molecular weight excluding hydrogens is 486 g/mol. The van der Waals surface area contributed by atoms with Crippen LogP contribution in [0.4, 0.5) is 0 Å². The molecule has 0 spiro atoms. The Morgan fingerprint density at radius 1 is 1.08 bits per heavy atom. The zero-order valence-corrected chi connectivity index (χ0v) is 24.9. The third-order valence-corrected chi connectivity index (χ3v) is 12.5. The molecule has 1 aromatic heterocycles. The molecule has 0 saturated heterocycles. The second-order valence-electron chi connectivity index (χ2n) is 14.3. The zero-order chi connectivity index (χ0) is 27.8. The van der Waals surface area contributed by atoms with Gasteiger partial charge in [-0.15, -0.1) is 0 Å². The molecule has 218 valence electrons. The van der Waals surface area contributed by atoms with Gasteiger partial charge >= 0.3 is 5.97 Å². The second kappa shape index (κ2) is 11.8. The van der Waals surface area contributed by atoms with Crippen molar-refractivity contribution in [3.63, 3.8) is 0 Å². The number of pyridine rings is 1. The molecule has 5 rings (SSSR count). The molecule has 39 heavy (non-hydrogen) atoms. The third-order valence-electron chi connectivity index (χ3n) is 12.5. The number of hydrogen-bond donors (Lipinski definition) is 2. The number of esters is 1. The van der Waals surface area contributed by atoms with Crippen molar-refractivity contribution in [3.05, 3.63) is 30.1 Å². The van der Waals surface area contributed by atoms with Crippen molar-refractivity contribution < 1.29 is 19.7 Å². The van der Waals surface area contributed by atoms with Crippen molar-refractivity contribution in [1.29, 1.82) is 0 Å². The highest BCUT2D eigenvalue weighted by atomic mass is 16.5. The Balaban J connectivity index is 1.18. The highest BCUT2D eigenvalue weighted by molar-refractivity contribution is 5.69. The molecule has 4 aliphatic carbocycles. The van der Waals surface area contributed by atoms with Gasteiger partial charge in [-0.2, -0.15) is 0 Å². The van der Waals surface area contributed by atoms with Crippen LogP contribution in [0.5, 0.6) is 0 Å². The lowest BCUT2D eigenvalue weighted by molar-refractivity contribution is -0.203. The number of fused-ring (bicyclic) bond motifs is 5. The summed E-state index contributed by atoms with van der Waals surface area (Å²) < 4.78 is 5.67. The first-order valence-electron chi connectivity index (χ1n) is 16.1. The minimum atomic E-state index is -0.242. The normalized spacial score (nSPS) is 42.2. The van der Waals surface area contributed by atoms with Crippen LogP contribution in [0, 0.1) is 52.3 Å². The summed E-state index contributed by atoms with van der Waals surface area (Å²) >= 11 is 0. The molecule has 0 aromatic carbocycles. The number of aliphatic hydroxyl groups is 2. The number of nitrogens with zero attached hydrogens (tertiary/aromatic N) is 1. The Morgan fingerprint density at radius 3 is 2.59 bits per heavy atom. The van der Waals surface area contributed by atoms with Gasteiger partial charge in [0.05, 0.1) is 18.8 Å². The minimum absolute atomic E-state index is 0.0921. The summed E-state index contributed by atoms with van der Waals surface area (Å²) in [6, 6.07) is 5.90. The first kappa shape index (κ1) is 29.0. The van der Waals surface area contributed by atoms with E-state index in [2.05, 4.69) is 32.7 Å². The van der Waals surface area contributed by atoms with Gasteiger partial charge in [-0.05, 0) is 129 Å². The van der Waals surface area contributed by atoms with Gasteiger partial charge in [-0.25, -0.2) is 0 Å². The van der Waals surface area contributed by atoms with Gasteiger partial charge in [-0.3, -0.25) is 9.78 Å². The van der Waals surface area contributed by atoms with E-state index in [0.717, 1.165) is 50.6 Å². The van der Waals surface area contributed by atoms with Crippen LogP contribution in [-0.2, 0) is 16.0 Å². The summed E-state index contributed by atoms with van der Waals surface area (Å²) in [6.45, 7) is 10.2. The summed E-state index contributed by atoms with van der Waals surface area (Å²) in [5, 5.41) is 22.4. The number of aryl methyl sites for hydroxylation is 1. The van der Waals surface area contributed by atoms with E-state index in [1.807, 2.05) is 18.2 Å². The molecule has 5 heteroatoms. The average Bonchev–Trinajstić information content (AvgIpc) is 3.27. The van der Waals surface area contributed by atoms with Crippen molar-refractivity contribution in [2.75, 3.05) is 6.61 Å². The Morgan fingerprint density at radius 2 is 1.85 bits per heavy atom. The molecule has 0 radical (unpaired) electrons. The highest BCUT2D eigenvalue weighted by Crippen LogP contribution is 2.69. The molecule has 0 unspecified atom stereocenters. The largest absolute Gasteiger partial charge is 0.466 e. The van der Waals surface area contributed by atoms with Gasteiger partial charge in [0, 0.05) is 18.3 Å². The quantitative estimate of drug-likeness (QED) is 0.346.